The van der Waals surface area contributed by atoms with Crippen molar-refractivity contribution in [1.29, 1.82) is 0 Å². The van der Waals surface area contributed by atoms with Gasteiger partial charge in [-0.3, -0.25) is 0 Å². The maximum atomic E-state index is 9.71. The first-order valence-electron chi connectivity index (χ1n) is 4.55. The number of hydrogen-bond acceptors (Lipinski definition) is 2. The molecular weight excluding hydrogens is 138 g/mol. The van der Waals surface area contributed by atoms with Gasteiger partial charge in [0, 0.05) is 6.54 Å². The summed E-state index contributed by atoms with van der Waals surface area (Å²) in [6.07, 6.45) is 3.16. The van der Waals surface area contributed by atoms with Gasteiger partial charge < -0.3 is 10.4 Å². The van der Waals surface area contributed by atoms with Crippen LogP contribution in [0.2, 0.25) is 0 Å². The van der Waals surface area contributed by atoms with Crippen molar-refractivity contribution in [3.05, 3.63) is 0 Å². The molecule has 0 rings (SSSR count). The molecule has 0 aromatic rings. The molecule has 0 aliphatic rings. The van der Waals surface area contributed by atoms with E-state index in [0.717, 1.165) is 25.8 Å². The Morgan fingerprint density at radius 3 is 2.45 bits per heavy atom. The number of nitrogens with one attached hydrogen (secondary N) is 1. The van der Waals surface area contributed by atoms with E-state index in [4.69, 9.17) is 0 Å². The highest BCUT2D eigenvalue weighted by Crippen LogP contribution is 2.11. The highest BCUT2D eigenvalue weighted by Gasteiger charge is 2.17. The van der Waals surface area contributed by atoms with Crippen LogP contribution in [0.5, 0.6) is 0 Å². The highest BCUT2D eigenvalue weighted by atomic mass is 16.3. The molecule has 68 valence electrons. The molecule has 0 bridgehead atoms. The molecule has 0 heterocycles. The van der Waals surface area contributed by atoms with Gasteiger partial charge in [-0.2, -0.15) is 0 Å². The SMILES string of the molecule is CCCCC(C)(O)CNCC. The average molecular weight is 159 g/mol. The zero-order chi connectivity index (χ0) is 8.74. The normalized spacial score (nSPS) is 16.4. The fourth-order valence-electron chi connectivity index (χ4n) is 1.04. The highest BCUT2D eigenvalue weighted by molar-refractivity contribution is 4.74. The van der Waals surface area contributed by atoms with E-state index in [9.17, 15) is 5.11 Å². The fourth-order valence-corrected chi connectivity index (χ4v) is 1.04. The molecule has 0 aromatic carbocycles. The maximum Gasteiger partial charge on any atom is 0.0743 e. The zero-order valence-corrected chi connectivity index (χ0v) is 7.98. The second kappa shape index (κ2) is 5.56. The lowest BCUT2D eigenvalue weighted by atomic mass is 9.99. The topological polar surface area (TPSA) is 32.3 Å². The Balaban J connectivity index is 3.43. The molecule has 0 aromatic heterocycles. The summed E-state index contributed by atoms with van der Waals surface area (Å²) in [4.78, 5) is 0. The van der Waals surface area contributed by atoms with Crippen LogP contribution in [-0.2, 0) is 0 Å². The molecule has 1 unspecified atom stereocenters. The van der Waals surface area contributed by atoms with Gasteiger partial charge in [-0.15, -0.1) is 0 Å². The summed E-state index contributed by atoms with van der Waals surface area (Å²) < 4.78 is 0. The molecule has 11 heavy (non-hydrogen) atoms. The quantitative estimate of drug-likeness (QED) is 0.616. The van der Waals surface area contributed by atoms with Gasteiger partial charge in [0.2, 0.25) is 0 Å². The van der Waals surface area contributed by atoms with Crippen LogP contribution in [-0.4, -0.2) is 23.8 Å². The first-order valence-corrected chi connectivity index (χ1v) is 4.55. The van der Waals surface area contributed by atoms with E-state index < -0.39 is 5.60 Å². The molecule has 0 fully saturated rings. The summed E-state index contributed by atoms with van der Waals surface area (Å²) >= 11 is 0. The Morgan fingerprint density at radius 1 is 1.36 bits per heavy atom. The molecule has 0 radical (unpaired) electrons. The van der Waals surface area contributed by atoms with Crippen molar-refractivity contribution in [1.82, 2.24) is 5.32 Å². The van der Waals surface area contributed by atoms with Crippen LogP contribution in [0.25, 0.3) is 0 Å². The summed E-state index contributed by atoms with van der Waals surface area (Å²) in [6.45, 7) is 7.73. The van der Waals surface area contributed by atoms with Gasteiger partial charge in [0.1, 0.15) is 0 Å². The number of likely N-dealkylation sites (N-methyl/N-ethyl adjacent to an activating group) is 1. The second-order valence-corrected chi connectivity index (χ2v) is 3.38. The van der Waals surface area contributed by atoms with E-state index in [-0.39, 0.29) is 0 Å². The number of rotatable bonds is 6. The van der Waals surface area contributed by atoms with Crippen LogP contribution in [0, 0.1) is 0 Å². The van der Waals surface area contributed by atoms with Crippen molar-refractivity contribution >= 4 is 0 Å². The third kappa shape index (κ3) is 6.32. The zero-order valence-electron chi connectivity index (χ0n) is 7.98. The Hall–Kier alpha value is -0.0800. The third-order valence-corrected chi connectivity index (χ3v) is 1.82. The van der Waals surface area contributed by atoms with Gasteiger partial charge in [-0.05, 0) is 19.9 Å². The van der Waals surface area contributed by atoms with Crippen molar-refractivity contribution in [3.8, 4) is 0 Å². The second-order valence-electron chi connectivity index (χ2n) is 3.38. The summed E-state index contributed by atoms with van der Waals surface area (Å²) in [5.41, 5.74) is -0.508. The van der Waals surface area contributed by atoms with E-state index in [1.807, 2.05) is 6.92 Å². The largest absolute Gasteiger partial charge is 0.389 e. The van der Waals surface area contributed by atoms with E-state index in [2.05, 4.69) is 19.2 Å². The van der Waals surface area contributed by atoms with Crippen LogP contribution >= 0.6 is 0 Å². The molecule has 0 aliphatic carbocycles. The molecule has 2 heteroatoms. The minimum absolute atomic E-state index is 0.508. The van der Waals surface area contributed by atoms with Crippen LogP contribution in [0.1, 0.15) is 40.0 Å². The summed E-state index contributed by atoms with van der Waals surface area (Å²) in [7, 11) is 0. The van der Waals surface area contributed by atoms with Crippen LogP contribution < -0.4 is 5.32 Å². The van der Waals surface area contributed by atoms with Gasteiger partial charge in [-0.25, -0.2) is 0 Å². The molecule has 0 saturated heterocycles. The van der Waals surface area contributed by atoms with Crippen molar-refractivity contribution < 1.29 is 5.11 Å². The fraction of sp³-hybridized carbons (Fsp3) is 1.00. The minimum atomic E-state index is -0.508. The molecular formula is C9H21NO. The molecule has 1 atom stereocenters. The Morgan fingerprint density at radius 2 is 2.00 bits per heavy atom. The predicted molar refractivity (Wildman–Crippen MR) is 48.7 cm³/mol. The molecule has 0 spiro atoms. The van der Waals surface area contributed by atoms with Gasteiger partial charge in [0.15, 0.2) is 0 Å². The van der Waals surface area contributed by atoms with Crippen molar-refractivity contribution in [2.45, 2.75) is 45.6 Å². The van der Waals surface area contributed by atoms with E-state index in [1.54, 1.807) is 0 Å². The summed E-state index contributed by atoms with van der Waals surface area (Å²) in [6, 6.07) is 0. The van der Waals surface area contributed by atoms with Gasteiger partial charge in [0.25, 0.3) is 0 Å². The molecule has 2 N–H and O–H groups in total. The smallest absolute Gasteiger partial charge is 0.0743 e. The van der Waals surface area contributed by atoms with E-state index in [1.165, 1.54) is 0 Å². The maximum absolute atomic E-state index is 9.71. The average Bonchev–Trinajstić information content (AvgIpc) is 1.97. The van der Waals surface area contributed by atoms with E-state index in [0.29, 0.717) is 6.54 Å². The monoisotopic (exact) mass is 159 g/mol. The minimum Gasteiger partial charge on any atom is -0.389 e. The number of aliphatic hydroxyl groups is 1. The predicted octanol–water partition coefficient (Wildman–Crippen LogP) is 1.54. The van der Waals surface area contributed by atoms with Gasteiger partial charge in [0.05, 0.1) is 5.60 Å². The molecule has 2 nitrogen and oxygen atoms in total. The summed E-state index contributed by atoms with van der Waals surface area (Å²) in [5.74, 6) is 0. The van der Waals surface area contributed by atoms with Crippen LogP contribution in [0.3, 0.4) is 0 Å². The summed E-state index contributed by atoms with van der Waals surface area (Å²) in [5, 5.41) is 12.9. The lowest BCUT2D eigenvalue weighted by Gasteiger charge is -2.22. The van der Waals surface area contributed by atoms with Crippen LogP contribution in [0.15, 0.2) is 0 Å². The lowest BCUT2D eigenvalue weighted by molar-refractivity contribution is 0.0491. The third-order valence-electron chi connectivity index (χ3n) is 1.82. The Kier molecular flexibility index (Phi) is 5.51. The standard InChI is InChI=1S/C9H21NO/c1-4-6-7-9(3,11)8-10-5-2/h10-11H,4-8H2,1-3H3. The van der Waals surface area contributed by atoms with Crippen molar-refractivity contribution in [2.75, 3.05) is 13.1 Å². The van der Waals surface area contributed by atoms with Gasteiger partial charge >= 0.3 is 0 Å². The molecule has 0 saturated carbocycles. The van der Waals surface area contributed by atoms with Crippen molar-refractivity contribution in [3.63, 3.8) is 0 Å². The van der Waals surface area contributed by atoms with Gasteiger partial charge in [-0.1, -0.05) is 26.7 Å². The van der Waals surface area contributed by atoms with Crippen LogP contribution in [0.4, 0.5) is 0 Å². The number of unbranched alkanes of at least 4 members (excludes halogenated alkanes) is 1. The van der Waals surface area contributed by atoms with Crippen molar-refractivity contribution in [2.24, 2.45) is 0 Å². The molecule has 0 amide bonds. The first kappa shape index (κ1) is 10.9. The lowest BCUT2D eigenvalue weighted by Crippen LogP contribution is -2.37. The number of hydrogen-bond donors (Lipinski definition) is 2. The Labute approximate surface area is 70.0 Å². The molecule has 0 aliphatic heterocycles. The van der Waals surface area contributed by atoms with E-state index >= 15 is 0 Å². The first-order chi connectivity index (χ1) is 5.12. The Bertz CT molecular complexity index is 81.6.